The molecule has 0 aromatic heterocycles. The summed E-state index contributed by atoms with van der Waals surface area (Å²) in [6.07, 6.45) is -4.39. The van der Waals surface area contributed by atoms with Crippen LogP contribution in [0.3, 0.4) is 0 Å². The van der Waals surface area contributed by atoms with Crippen LogP contribution in [0, 0.1) is 0 Å². The van der Waals surface area contributed by atoms with E-state index in [0.29, 0.717) is 49.0 Å². The number of piperazine rings is 1. The zero-order chi connectivity index (χ0) is 22.3. The number of hydrogen-bond acceptors (Lipinski definition) is 4. The van der Waals surface area contributed by atoms with Gasteiger partial charge in [-0.15, -0.1) is 0 Å². The highest BCUT2D eigenvalue weighted by atomic mass is 19.4. The van der Waals surface area contributed by atoms with Crippen molar-refractivity contribution in [3.63, 3.8) is 0 Å². The van der Waals surface area contributed by atoms with Crippen molar-refractivity contribution in [2.75, 3.05) is 36.0 Å². The molecule has 0 N–H and O–H groups in total. The molecule has 0 atom stereocenters. The van der Waals surface area contributed by atoms with Crippen molar-refractivity contribution >= 4 is 11.4 Å². The molecule has 0 aliphatic carbocycles. The van der Waals surface area contributed by atoms with Crippen LogP contribution in [0.1, 0.15) is 30.9 Å². The van der Waals surface area contributed by atoms with Crippen LogP contribution in [0.4, 0.5) is 24.5 Å². The molecule has 1 aliphatic heterocycles. The van der Waals surface area contributed by atoms with Gasteiger partial charge in [-0.2, -0.15) is 13.2 Å². The SMILES string of the molecule is CC(C)c1ccc(-c2c(N3CCN(c4cccc(C(F)(F)F)c4)CC3)c(=O)c2=O)cc1. The summed E-state index contributed by atoms with van der Waals surface area (Å²) in [5, 5.41) is 0. The first-order chi connectivity index (χ1) is 14.7. The van der Waals surface area contributed by atoms with E-state index in [9.17, 15) is 22.8 Å². The van der Waals surface area contributed by atoms with Gasteiger partial charge in [-0.1, -0.05) is 44.2 Å². The Hall–Kier alpha value is -3.09. The van der Waals surface area contributed by atoms with Crippen molar-refractivity contribution in [2.24, 2.45) is 0 Å². The van der Waals surface area contributed by atoms with Gasteiger partial charge in [0.25, 0.3) is 0 Å². The van der Waals surface area contributed by atoms with Crippen LogP contribution in [-0.2, 0) is 6.18 Å². The van der Waals surface area contributed by atoms with E-state index in [2.05, 4.69) is 13.8 Å². The van der Waals surface area contributed by atoms with E-state index in [0.717, 1.165) is 23.3 Å². The molecule has 4 rings (SSSR count). The fraction of sp³-hybridized carbons (Fsp3) is 0.333. The molecule has 162 valence electrons. The molecule has 3 aromatic rings. The maximum atomic E-state index is 13.0. The van der Waals surface area contributed by atoms with Gasteiger partial charge >= 0.3 is 6.18 Å². The molecule has 31 heavy (non-hydrogen) atoms. The van der Waals surface area contributed by atoms with E-state index in [1.54, 1.807) is 6.07 Å². The minimum Gasteiger partial charge on any atom is -0.368 e. The molecular formula is C24H23F3N2O2. The first-order valence-corrected chi connectivity index (χ1v) is 10.3. The Labute approximate surface area is 178 Å². The Balaban J connectivity index is 1.52. The second kappa shape index (κ2) is 7.87. The van der Waals surface area contributed by atoms with E-state index in [4.69, 9.17) is 0 Å². The molecule has 1 saturated heterocycles. The van der Waals surface area contributed by atoms with Crippen molar-refractivity contribution in [2.45, 2.75) is 25.9 Å². The molecule has 1 fully saturated rings. The van der Waals surface area contributed by atoms with Gasteiger partial charge in [0, 0.05) is 31.9 Å². The van der Waals surface area contributed by atoms with Crippen molar-refractivity contribution < 1.29 is 13.2 Å². The Kier molecular flexibility index (Phi) is 5.37. The lowest BCUT2D eigenvalue weighted by Gasteiger charge is -2.38. The maximum absolute atomic E-state index is 13.0. The molecule has 0 spiro atoms. The van der Waals surface area contributed by atoms with E-state index < -0.39 is 22.6 Å². The fourth-order valence-electron chi connectivity index (χ4n) is 4.05. The molecule has 7 heteroatoms. The molecule has 0 bridgehead atoms. The number of halogens is 3. The lowest BCUT2D eigenvalue weighted by molar-refractivity contribution is -0.137. The Bertz CT molecular complexity index is 1150. The number of alkyl halides is 3. The topological polar surface area (TPSA) is 40.6 Å². The van der Waals surface area contributed by atoms with E-state index in [1.807, 2.05) is 34.1 Å². The standard InChI is InChI=1S/C24H23F3N2O2/c1-15(2)16-6-8-17(9-7-16)20-21(23(31)22(20)30)29-12-10-28(11-13-29)19-5-3-4-18(14-19)24(25,26)27/h3-9,14-15H,10-13H2,1-2H3. The second-order valence-electron chi connectivity index (χ2n) is 8.18. The predicted octanol–water partition coefficient (Wildman–Crippen LogP) is 4.42. The first-order valence-electron chi connectivity index (χ1n) is 10.3. The van der Waals surface area contributed by atoms with Crippen molar-refractivity contribution in [3.8, 4) is 11.1 Å². The van der Waals surface area contributed by atoms with Crippen molar-refractivity contribution in [1.29, 1.82) is 0 Å². The fourth-order valence-corrected chi connectivity index (χ4v) is 4.05. The molecule has 1 heterocycles. The quantitative estimate of drug-likeness (QED) is 0.577. The minimum atomic E-state index is -4.39. The summed E-state index contributed by atoms with van der Waals surface area (Å²) >= 11 is 0. The van der Waals surface area contributed by atoms with E-state index in [-0.39, 0.29) is 0 Å². The molecule has 4 nitrogen and oxygen atoms in total. The number of nitrogens with zero attached hydrogens (tertiary/aromatic N) is 2. The van der Waals surface area contributed by atoms with Gasteiger partial charge in [0.2, 0.25) is 10.9 Å². The van der Waals surface area contributed by atoms with Crippen LogP contribution >= 0.6 is 0 Å². The molecule has 0 radical (unpaired) electrons. The van der Waals surface area contributed by atoms with Crippen LogP contribution in [0.25, 0.3) is 11.1 Å². The highest BCUT2D eigenvalue weighted by Crippen LogP contribution is 2.33. The normalized spacial score (nSPS) is 15.2. The third-order valence-corrected chi connectivity index (χ3v) is 5.89. The second-order valence-corrected chi connectivity index (χ2v) is 8.18. The Morgan fingerprint density at radius 3 is 2.03 bits per heavy atom. The summed E-state index contributed by atoms with van der Waals surface area (Å²) in [5.74, 6) is 0.366. The molecule has 0 amide bonds. The largest absolute Gasteiger partial charge is 0.416 e. The number of rotatable bonds is 4. The van der Waals surface area contributed by atoms with Crippen molar-refractivity contribution in [3.05, 3.63) is 80.1 Å². The zero-order valence-electron chi connectivity index (χ0n) is 17.4. The predicted molar refractivity (Wildman–Crippen MR) is 117 cm³/mol. The summed E-state index contributed by atoms with van der Waals surface area (Å²) in [4.78, 5) is 28.4. The number of hydrogen-bond donors (Lipinski definition) is 0. The van der Waals surface area contributed by atoms with Gasteiger partial charge in [-0.25, -0.2) is 0 Å². The summed E-state index contributed by atoms with van der Waals surface area (Å²) < 4.78 is 39.0. The molecule has 3 aromatic carbocycles. The molecule has 0 unspecified atom stereocenters. The third kappa shape index (κ3) is 3.96. The van der Waals surface area contributed by atoms with Crippen LogP contribution in [0.15, 0.2) is 58.1 Å². The van der Waals surface area contributed by atoms with Crippen LogP contribution in [0.5, 0.6) is 0 Å². The molecular weight excluding hydrogens is 405 g/mol. The number of benzene rings is 2. The average Bonchev–Trinajstić information content (AvgIpc) is 2.76. The summed E-state index contributed by atoms with van der Waals surface area (Å²) in [5.41, 5.74) is 1.59. The van der Waals surface area contributed by atoms with Gasteiger partial charge in [0.05, 0.1) is 11.1 Å². The smallest absolute Gasteiger partial charge is 0.368 e. The van der Waals surface area contributed by atoms with Gasteiger partial charge < -0.3 is 9.80 Å². The Morgan fingerprint density at radius 1 is 0.839 bits per heavy atom. The molecule has 0 saturated carbocycles. The van der Waals surface area contributed by atoms with Gasteiger partial charge in [0.15, 0.2) is 0 Å². The zero-order valence-corrected chi connectivity index (χ0v) is 17.4. The lowest BCUT2D eigenvalue weighted by atomic mass is 9.94. The van der Waals surface area contributed by atoms with Crippen LogP contribution in [-0.4, -0.2) is 26.2 Å². The van der Waals surface area contributed by atoms with E-state index >= 15 is 0 Å². The Morgan fingerprint density at radius 2 is 1.45 bits per heavy atom. The van der Waals surface area contributed by atoms with Crippen LogP contribution < -0.4 is 20.7 Å². The van der Waals surface area contributed by atoms with Crippen molar-refractivity contribution in [1.82, 2.24) is 0 Å². The average molecular weight is 428 g/mol. The summed E-state index contributed by atoms with van der Waals surface area (Å²) in [6, 6.07) is 12.9. The van der Waals surface area contributed by atoms with E-state index in [1.165, 1.54) is 6.07 Å². The van der Waals surface area contributed by atoms with Gasteiger partial charge in [-0.3, -0.25) is 9.59 Å². The van der Waals surface area contributed by atoms with Gasteiger partial charge in [0.1, 0.15) is 5.69 Å². The lowest BCUT2D eigenvalue weighted by Crippen LogP contribution is -2.51. The summed E-state index contributed by atoms with van der Waals surface area (Å²) in [7, 11) is 0. The number of anilines is 2. The third-order valence-electron chi connectivity index (χ3n) is 5.89. The maximum Gasteiger partial charge on any atom is 0.416 e. The first kappa shape index (κ1) is 21.2. The minimum absolute atomic E-state index is 0.366. The molecule has 1 aliphatic rings. The van der Waals surface area contributed by atoms with Crippen LogP contribution in [0.2, 0.25) is 0 Å². The van der Waals surface area contributed by atoms with Gasteiger partial charge in [-0.05, 0) is 35.2 Å². The monoisotopic (exact) mass is 428 g/mol. The highest BCUT2D eigenvalue weighted by molar-refractivity contribution is 5.83. The highest BCUT2D eigenvalue weighted by Gasteiger charge is 2.32. The summed E-state index contributed by atoms with van der Waals surface area (Å²) in [6.45, 7) is 6.01.